The predicted molar refractivity (Wildman–Crippen MR) is 87.7 cm³/mol. The molecule has 0 radical (unpaired) electrons. The lowest BCUT2D eigenvalue weighted by Crippen LogP contribution is -2.33. The number of halogens is 3. The molecule has 1 heterocycles. The van der Waals surface area contributed by atoms with E-state index >= 15 is 0 Å². The molecule has 1 saturated heterocycles. The van der Waals surface area contributed by atoms with Crippen LogP contribution in [0.15, 0.2) is 48.5 Å². The molecule has 0 saturated carbocycles. The van der Waals surface area contributed by atoms with Gasteiger partial charge < -0.3 is 19.5 Å². The van der Waals surface area contributed by atoms with E-state index in [4.69, 9.17) is 4.74 Å². The fourth-order valence-electron chi connectivity index (χ4n) is 2.84. The summed E-state index contributed by atoms with van der Waals surface area (Å²) in [6, 6.07) is 11.2. The Labute approximate surface area is 153 Å². The average molecular weight is 378 g/mol. The van der Waals surface area contributed by atoms with E-state index in [0.29, 0.717) is 17.0 Å². The van der Waals surface area contributed by atoms with E-state index in [1.165, 1.54) is 17.0 Å². The van der Waals surface area contributed by atoms with Crippen LogP contribution in [0.5, 0.6) is 5.75 Å². The van der Waals surface area contributed by atoms with Crippen LogP contribution in [-0.4, -0.2) is 18.4 Å². The van der Waals surface area contributed by atoms with Crippen molar-refractivity contribution in [1.29, 1.82) is 0 Å². The van der Waals surface area contributed by atoms with Crippen molar-refractivity contribution in [3.63, 3.8) is 0 Å². The van der Waals surface area contributed by atoms with Crippen LogP contribution in [0.1, 0.15) is 17.5 Å². The molecule has 1 atom stereocenters. The second kappa shape index (κ2) is 7.30. The molecule has 0 spiro atoms. The Bertz CT molecular complexity index is 849. The highest BCUT2D eigenvalue weighted by molar-refractivity contribution is 5.98. The third-order valence-corrected chi connectivity index (χ3v) is 4.27. The van der Waals surface area contributed by atoms with Crippen LogP contribution >= 0.6 is 0 Å². The normalized spacial score (nSPS) is 17.2. The number of carbonyl (C=O) groups is 2. The maximum atomic E-state index is 12.7. The summed E-state index contributed by atoms with van der Waals surface area (Å²) < 4.78 is 43.6. The van der Waals surface area contributed by atoms with Gasteiger partial charge in [-0.05, 0) is 42.0 Å². The Morgan fingerprint density at radius 2 is 1.89 bits per heavy atom. The number of anilines is 1. The number of alkyl halides is 3. The number of hydrogen-bond donors (Lipinski definition) is 0. The van der Waals surface area contributed by atoms with Gasteiger partial charge in [0, 0.05) is 30.5 Å². The fraction of sp³-hybridized carbons (Fsp3) is 0.263. The van der Waals surface area contributed by atoms with Crippen molar-refractivity contribution in [2.45, 2.75) is 19.2 Å². The quantitative estimate of drug-likeness (QED) is 0.801. The topological polar surface area (TPSA) is 69.7 Å². The number of carbonyl (C=O) groups excluding carboxylic acids is 2. The predicted octanol–water partition coefficient (Wildman–Crippen LogP) is 2.39. The zero-order valence-electron chi connectivity index (χ0n) is 14.0. The Balaban J connectivity index is 1.63. The zero-order chi connectivity index (χ0) is 19.6. The molecule has 3 rings (SSSR count). The number of amides is 1. The summed E-state index contributed by atoms with van der Waals surface area (Å²) in [5.41, 5.74) is 0.157. The first-order chi connectivity index (χ1) is 12.7. The first-order valence-electron chi connectivity index (χ1n) is 8.14. The molecule has 27 heavy (non-hydrogen) atoms. The van der Waals surface area contributed by atoms with Crippen LogP contribution in [0, 0.1) is 5.92 Å². The Morgan fingerprint density at radius 3 is 2.48 bits per heavy atom. The van der Waals surface area contributed by atoms with Crippen LogP contribution in [0.25, 0.3) is 0 Å². The number of carboxylic acids is 1. The monoisotopic (exact) mass is 378 g/mol. The minimum Gasteiger partial charge on any atom is -0.550 e. The number of nitrogens with zero attached hydrogens (tertiary/aromatic N) is 1. The van der Waals surface area contributed by atoms with Crippen LogP contribution in [0.3, 0.4) is 0 Å². The smallest absolute Gasteiger partial charge is 0.416 e. The molecule has 0 N–H and O–H groups in total. The Hall–Kier alpha value is -3.03. The summed E-state index contributed by atoms with van der Waals surface area (Å²) in [6.45, 7) is 0.00424. The fourth-order valence-corrected chi connectivity index (χ4v) is 2.84. The van der Waals surface area contributed by atoms with Crippen molar-refractivity contribution < 1.29 is 32.6 Å². The summed E-state index contributed by atoms with van der Waals surface area (Å²) in [5.74, 6) is -1.98. The van der Waals surface area contributed by atoms with Crippen LogP contribution in [-0.2, 0) is 22.4 Å². The average Bonchev–Trinajstić information content (AvgIpc) is 3.02. The molecule has 0 aromatic heterocycles. The molecule has 142 valence electrons. The number of aliphatic carboxylic acids is 1. The SMILES string of the molecule is O=C([O-])C1CC(=O)N(c2ccc(OCc3cccc(C(F)(F)F)c3)cc2)C1. The summed E-state index contributed by atoms with van der Waals surface area (Å²) in [5, 5.41) is 10.9. The lowest BCUT2D eigenvalue weighted by atomic mass is 10.1. The third-order valence-electron chi connectivity index (χ3n) is 4.27. The number of ether oxygens (including phenoxy) is 1. The molecule has 2 aromatic carbocycles. The second-order valence-corrected chi connectivity index (χ2v) is 6.21. The van der Waals surface area contributed by atoms with Crippen LogP contribution < -0.4 is 14.7 Å². The third kappa shape index (κ3) is 4.39. The van der Waals surface area contributed by atoms with Crippen molar-refractivity contribution in [2.24, 2.45) is 5.92 Å². The molecule has 0 bridgehead atoms. The highest BCUT2D eigenvalue weighted by Crippen LogP contribution is 2.30. The maximum absolute atomic E-state index is 12.7. The number of hydrogen-bond acceptors (Lipinski definition) is 4. The van der Waals surface area contributed by atoms with Gasteiger partial charge in [0.15, 0.2) is 0 Å². The lowest BCUT2D eigenvalue weighted by Gasteiger charge is -2.17. The molecule has 1 unspecified atom stereocenters. The van der Waals surface area contributed by atoms with Crippen LogP contribution in [0.2, 0.25) is 0 Å². The molecule has 1 aliphatic heterocycles. The van der Waals surface area contributed by atoms with Crippen LogP contribution in [0.4, 0.5) is 18.9 Å². The van der Waals surface area contributed by atoms with Gasteiger partial charge in [0.2, 0.25) is 5.91 Å². The van der Waals surface area contributed by atoms with Crippen molar-refractivity contribution in [1.82, 2.24) is 0 Å². The van der Waals surface area contributed by atoms with E-state index in [2.05, 4.69) is 0 Å². The summed E-state index contributed by atoms with van der Waals surface area (Å²) >= 11 is 0. The van der Waals surface area contributed by atoms with E-state index in [1.54, 1.807) is 24.3 Å². The molecule has 0 aliphatic carbocycles. The van der Waals surface area contributed by atoms with Gasteiger partial charge in [0.25, 0.3) is 0 Å². The van der Waals surface area contributed by atoms with Gasteiger partial charge in [-0.1, -0.05) is 12.1 Å². The van der Waals surface area contributed by atoms with Gasteiger partial charge in [-0.2, -0.15) is 13.2 Å². The molecule has 1 fully saturated rings. The summed E-state index contributed by atoms with van der Waals surface area (Å²) in [4.78, 5) is 24.2. The number of carboxylic acid groups (broad SMARTS) is 1. The van der Waals surface area contributed by atoms with Gasteiger partial charge in [-0.3, -0.25) is 4.79 Å². The molecule has 8 heteroatoms. The van der Waals surface area contributed by atoms with Gasteiger partial charge in [-0.25, -0.2) is 0 Å². The van der Waals surface area contributed by atoms with E-state index in [-0.39, 0.29) is 25.5 Å². The summed E-state index contributed by atoms with van der Waals surface area (Å²) in [7, 11) is 0. The van der Waals surface area contributed by atoms with Gasteiger partial charge in [0.1, 0.15) is 12.4 Å². The second-order valence-electron chi connectivity index (χ2n) is 6.21. The number of benzene rings is 2. The molecule has 1 aliphatic rings. The van der Waals surface area contributed by atoms with Crippen molar-refractivity contribution in [3.05, 3.63) is 59.7 Å². The summed E-state index contributed by atoms with van der Waals surface area (Å²) in [6.07, 6.45) is -4.51. The van der Waals surface area contributed by atoms with E-state index < -0.39 is 23.6 Å². The molecular formula is C19H15F3NO4-. The van der Waals surface area contributed by atoms with Gasteiger partial charge in [0.05, 0.1) is 5.56 Å². The number of rotatable bonds is 5. The van der Waals surface area contributed by atoms with Crippen molar-refractivity contribution >= 4 is 17.6 Å². The standard InChI is InChI=1S/C19H16F3NO4/c20-19(21,22)14-3-1-2-12(8-14)11-27-16-6-4-15(5-7-16)23-10-13(18(25)26)9-17(23)24/h1-8,13H,9-11H2,(H,25,26)/p-1. The largest absolute Gasteiger partial charge is 0.550 e. The van der Waals surface area contributed by atoms with E-state index in [1.807, 2.05) is 0 Å². The highest BCUT2D eigenvalue weighted by atomic mass is 19.4. The molecule has 2 aromatic rings. The molecule has 1 amide bonds. The van der Waals surface area contributed by atoms with E-state index in [9.17, 15) is 27.9 Å². The van der Waals surface area contributed by atoms with Crippen molar-refractivity contribution in [3.8, 4) is 5.75 Å². The minimum atomic E-state index is -4.41. The highest BCUT2D eigenvalue weighted by Gasteiger charge is 2.31. The lowest BCUT2D eigenvalue weighted by molar-refractivity contribution is -0.310. The first kappa shape index (κ1) is 18.8. The van der Waals surface area contributed by atoms with E-state index in [0.717, 1.165) is 12.1 Å². The molecular weight excluding hydrogens is 363 g/mol. The minimum absolute atomic E-state index is 0.0430. The van der Waals surface area contributed by atoms with Crippen molar-refractivity contribution in [2.75, 3.05) is 11.4 Å². The maximum Gasteiger partial charge on any atom is 0.416 e. The van der Waals surface area contributed by atoms with Gasteiger partial charge in [-0.15, -0.1) is 0 Å². The Morgan fingerprint density at radius 1 is 1.19 bits per heavy atom. The molecule has 5 nitrogen and oxygen atoms in total. The Kier molecular flexibility index (Phi) is 5.07. The zero-order valence-corrected chi connectivity index (χ0v) is 14.0. The van der Waals surface area contributed by atoms with Gasteiger partial charge >= 0.3 is 6.18 Å². The first-order valence-corrected chi connectivity index (χ1v) is 8.14.